The summed E-state index contributed by atoms with van der Waals surface area (Å²) in [6.07, 6.45) is 11.1. The van der Waals surface area contributed by atoms with Crippen molar-refractivity contribution in [2.24, 2.45) is 0 Å². The van der Waals surface area contributed by atoms with Crippen molar-refractivity contribution >= 4 is 23.6 Å². The minimum absolute atomic E-state index is 0.0338. The van der Waals surface area contributed by atoms with Gasteiger partial charge < -0.3 is 14.5 Å². The quantitative estimate of drug-likeness (QED) is 0.517. The maximum absolute atomic E-state index is 13.0. The van der Waals surface area contributed by atoms with Crippen molar-refractivity contribution in [3.05, 3.63) is 41.0 Å². The molecule has 3 aliphatic heterocycles. The highest BCUT2D eigenvalue weighted by atomic mass is 16.5. The molecule has 186 valence electrons. The predicted octanol–water partition coefficient (Wildman–Crippen LogP) is 3.10. The number of imide groups is 1. The van der Waals surface area contributed by atoms with Crippen LogP contribution in [-0.4, -0.2) is 58.7 Å². The first-order chi connectivity index (χ1) is 17.0. The van der Waals surface area contributed by atoms with Crippen molar-refractivity contribution in [2.45, 2.75) is 82.8 Å². The smallest absolute Gasteiger partial charge is 0.255 e. The number of nitrogens with one attached hydrogen (secondary N) is 1. The van der Waals surface area contributed by atoms with Crippen LogP contribution in [0.1, 0.15) is 80.1 Å². The maximum atomic E-state index is 13.0. The van der Waals surface area contributed by atoms with Gasteiger partial charge in [0.25, 0.3) is 5.91 Å². The average Bonchev–Trinajstić information content (AvgIpc) is 3.19. The topological polar surface area (TPSA) is 96.0 Å². The monoisotopic (exact) mass is 479 g/mol. The Morgan fingerprint density at radius 3 is 2.66 bits per heavy atom. The third-order valence-electron chi connectivity index (χ3n) is 7.67. The number of amides is 4. The van der Waals surface area contributed by atoms with Gasteiger partial charge in [-0.05, 0) is 75.1 Å². The highest BCUT2D eigenvalue weighted by Crippen LogP contribution is 2.31. The van der Waals surface area contributed by atoms with Crippen molar-refractivity contribution < 1.29 is 23.9 Å². The lowest BCUT2D eigenvalue weighted by Gasteiger charge is -2.35. The van der Waals surface area contributed by atoms with Crippen LogP contribution < -0.4 is 10.1 Å². The molecule has 8 nitrogen and oxygen atoms in total. The van der Waals surface area contributed by atoms with Crippen LogP contribution in [0.2, 0.25) is 0 Å². The molecule has 1 unspecified atom stereocenters. The number of hydrogen-bond acceptors (Lipinski definition) is 5. The van der Waals surface area contributed by atoms with Gasteiger partial charge in [-0.15, -0.1) is 0 Å². The van der Waals surface area contributed by atoms with E-state index in [1.54, 1.807) is 12.1 Å². The third kappa shape index (κ3) is 5.11. The van der Waals surface area contributed by atoms with Crippen LogP contribution in [0.15, 0.2) is 29.8 Å². The molecule has 1 aliphatic carbocycles. The second kappa shape index (κ2) is 10.2. The molecular weight excluding hydrogens is 446 g/mol. The van der Waals surface area contributed by atoms with Gasteiger partial charge in [0.2, 0.25) is 17.7 Å². The molecule has 3 heterocycles. The number of ether oxygens (including phenoxy) is 1. The van der Waals surface area contributed by atoms with Crippen LogP contribution >= 0.6 is 0 Å². The van der Waals surface area contributed by atoms with E-state index in [4.69, 9.17) is 4.74 Å². The molecule has 5 rings (SSSR count). The Labute approximate surface area is 205 Å². The number of allylic oxidation sites excluding steroid dienone is 1. The molecule has 0 bridgehead atoms. The zero-order valence-corrected chi connectivity index (χ0v) is 20.1. The van der Waals surface area contributed by atoms with E-state index in [1.807, 2.05) is 17.0 Å². The first-order valence-corrected chi connectivity index (χ1v) is 12.9. The molecule has 35 heavy (non-hydrogen) atoms. The van der Waals surface area contributed by atoms with E-state index in [9.17, 15) is 19.2 Å². The minimum Gasteiger partial charge on any atom is -0.491 e. The number of nitrogens with zero attached hydrogens (tertiary/aromatic N) is 2. The Hall–Kier alpha value is -3.16. The Morgan fingerprint density at radius 2 is 1.86 bits per heavy atom. The van der Waals surface area contributed by atoms with Crippen LogP contribution in [0.4, 0.5) is 0 Å². The number of rotatable bonds is 5. The molecule has 4 aliphatic rings. The second-order valence-electron chi connectivity index (χ2n) is 10.1. The molecule has 1 aromatic rings. The fourth-order valence-corrected chi connectivity index (χ4v) is 5.70. The van der Waals surface area contributed by atoms with Gasteiger partial charge in [0.1, 0.15) is 18.4 Å². The number of fused-ring (bicyclic) bond motifs is 1. The van der Waals surface area contributed by atoms with Gasteiger partial charge in [0.15, 0.2) is 0 Å². The van der Waals surface area contributed by atoms with Crippen LogP contribution in [0.3, 0.4) is 0 Å². The number of carbonyl (C=O) groups excluding carboxylic acids is 4. The first-order valence-electron chi connectivity index (χ1n) is 12.9. The molecule has 0 radical (unpaired) electrons. The summed E-state index contributed by atoms with van der Waals surface area (Å²) in [5.74, 6) is -0.138. The Bertz CT molecular complexity index is 1060. The summed E-state index contributed by atoms with van der Waals surface area (Å²) in [6, 6.07) is 4.79. The predicted molar refractivity (Wildman–Crippen MR) is 129 cm³/mol. The van der Waals surface area contributed by atoms with Crippen LogP contribution in [0.25, 0.3) is 0 Å². The van der Waals surface area contributed by atoms with Gasteiger partial charge in [-0.25, -0.2) is 0 Å². The summed E-state index contributed by atoms with van der Waals surface area (Å²) in [5, 5.41) is 2.33. The summed E-state index contributed by atoms with van der Waals surface area (Å²) in [4.78, 5) is 53.1. The lowest BCUT2D eigenvalue weighted by molar-refractivity contribution is -0.137. The molecule has 2 atom stereocenters. The molecular formula is C27H33N3O5. The largest absolute Gasteiger partial charge is 0.491 e. The molecule has 4 amide bonds. The zero-order valence-electron chi connectivity index (χ0n) is 20.1. The van der Waals surface area contributed by atoms with Crippen molar-refractivity contribution in [1.29, 1.82) is 0 Å². The van der Waals surface area contributed by atoms with Gasteiger partial charge in [-0.1, -0.05) is 12.0 Å². The van der Waals surface area contributed by atoms with E-state index in [2.05, 4.69) is 5.32 Å². The van der Waals surface area contributed by atoms with Gasteiger partial charge >= 0.3 is 0 Å². The van der Waals surface area contributed by atoms with Gasteiger partial charge in [-0.2, -0.15) is 0 Å². The maximum Gasteiger partial charge on any atom is 0.255 e. The molecule has 8 heteroatoms. The number of carbonyl (C=O) groups is 4. The molecule has 3 fully saturated rings. The Kier molecular flexibility index (Phi) is 6.88. The Morgan fingerprint density at radius 1 is 1.03 bits per heavy atom. The van der Waals surface area contributed by atoms with Crippen molar-refractivity contribution in [2.75, 3.05) is 13.2 Å². The van der Waals surface area contributed by atoms with Crippen LogP contribution in [0.5, 0.6) is 5.75 Å². The molecule has 1 aromatic carbocycles. The fraction of sp³-hybridized carbons (Fsp3) is 0.556. The van der Waals surface area contributed by atoms with Crippen molar-refractivity contribution in [3.8, 4) is 5.75 Å². The standard InChI is InChI=1S/C27H33N3O5/c31-24-12-11-23(26(33)28-24)30-16-19-15-21(9-10-22(19)27(30)34)35-17-20-8-4-5-13-29(20)25(32)14-18-6-2-1-3-7-18/h9-10,14-15,20,23H,1-8,11-13,16-17H2,(H,28,31,33)/t20-,23?/m0/s1. The lowest BCUT2D eigenvalue weighted by Crippen LogP contribution is -2.52. The van der Waals surface area contributed by atoms with Crippen molar-refractivity contribution in [1.82, 2.24) is 15.1 Å². The lowest BCUT2D eigenvalue weighted by atomic mass is 9.94. The molecule has 0 spiro atoms. The number of piperidine rings is 2. The highest BCUT2D eigenvalue weighted by molar-refractivity contribution is 6.05. The molecule has 1 N–H and O–H groups in total. The van der Waals surface area contributed by atoms with Crippen molar-refractivity contribution in [3.63, 3.8) is 0 Å². The molecule has 2 saturated heterocycles. The van der Waals surface area contributed by atoms with Crippen LogP contribution in [-0.2, 0) is 20.9 Å². The van der Waals surface area contributed by atoms with E-state index in [0.717, 1.165) is 44.2 Å². The van der Waals surface area contributed by atoms with E-state index in [1.165, 1.54) is 29.7 Å². The van der Waals surface area contributed by atoms with Gasteiger partial charge in [0.05, 0.1) is 6.04 Å². The number of benzene rings is 1. The van der Waals surface area contributed by atoms with Crippen LogP contribution in [0, 0.1) is 0 Å². The SMILES string of the molecule is O=C1CCC(N2Cc3cc(OC[C@@H]4CCCCN4C(=O)C=C4CCCCC4)ccc3C2=O)C(=O)N1. The number of likely N-dealkylation sites (tertiary alicyclic amines) is 1. The van der Waals surface area contributed by atoms with Gasteiger partial charge in [-0.3, -0.25) is 24.5 Å². The van der Waals surface area contributed by atoms with E-state index in [0.29, 0.717) is 30.9 Å². The molecule has 0 aromatic heterocycles. The van der Waals surface area contributed by atoms with Gasteiger partial charge in [0, 0.05) is 31.1 Å². The van der Waals surface area contributed by atoms with E-state index >= 15 is 0 Å². The fourth-order valence-electron chi connectivity index (χ4n) is 5.70. The molecule has 1 saturated carbocycles. The number of hydrogen-bond donors (Lipinski definition) is 1. The summed E-state index contributed by atoms with van der Waals surface area (Å²) >= 11 is 0. The second-order valence-corrected chi connectivity index (χ2v) is 10.1. The third-order valence-corrected chi connectivity index (χ3v) is 7.67. The minimum atomic E-state index is -0.628. The summed E-state index contributed by atoms with van der Waals surface area (Å²) in [7, 11) is 0. The van der Waals surface area contributed by atoms with E-state index < -0.39 is 11.9 Å². The summed E-state index contributed by atoms with van der Waals surface area (Å²) in [6.45, 7) is 1.49. The summed E-state index contributed by atoms with van der Waals surface area (Å²) in [5.41, 5.74) is 2.65. The van der Waals surface area contributed by atoms with E-state index in [-0.39, 0.29) is 30.2 Å². The normalized spacial score (nSPS) is 24.8. The highest BCUT2D eigenvalue weighted by Gasteiger charge is 2.39. The zero-order chi connectivity index (χ0) is 24.4. The first kappa shape index (κ1) is 23.6. The Balaban J connectivity index is 1.22. The average molecular weight is 480 g/mol. The summed E-state index contributed by atoms with van der Waals surface area (Å²) < 4.78 is 6.12.